The van der Waals surface area contributed by atoms with Crippen LogP contribution < -0.4 is 20.3 Å². The van der Waals surface area contributed by atoms with Gasteiger partial charge in [0.2, 0.25) is 5.75 Å². The quantitative estimate of drug-likeness (QED) is 0.0938. The zero-order chi connectivity index (χ0) is 33.7. The molecule has 1 heterocycles. The summed E-state index contributed by atoms with van der Waals surface area (Å²) < 4.78 is 12.8. The molecular formula is C36H35N5O6. The molecule has 0 bridgehead atoms. The number of carbonyl (C=O) groups is 1. The molecule has 5 aromatic rings. The molecule has 4 aromatic carbocycles. The monoisotopic (exact) mass is 633 g/mol. The Kier molecular flexibility index (Phi) is 9.74. The number of ether oxygens (including phenoxy) is 2. The topological polar surface area (TPSA) is 138 Å². The minimum atomic E-state index is -0.599. The van der Waals surface area contributed by atoms with Gasteiger partial charge in [-0.15, -0.1) is 0 Å². The summed E-state index contributed by atoms with van der Waals surface area (Å²) in [5.74, 6) is 0.505. The second-order valence-corrected chi connectivity index (χ2v) is 11.2. The van der Waals surface area contributed by atoms with Gasteiger partial charge in [0.1, 0.15) is 5.75 Å². The molecule has 0 saturated heterocycles. The van der Waals surface area contributed by atoms with E-state index in [0.29, 0.717) is 28.8 Å². The van der Waals surface area contributed by atoms with Gasteiger partial charge in [-0.25, -0.2) is 4.98 Å². The Morgan fingerprint density at radius 2 is 1.77 bits per heavy atom. The van der Waals surface area contributed by atoms with Gasteiger partial charge in [-0.2, -0.15) is 9.78 Å². The number of amides is 1. The van der Waals surface area contributed by atoms with E-state index in [1.54, 1.807) is 42.5 Å². The molecule has 1 amide bonds. The van der Waals surface area contributed by atoms with E-state index in [1.165, 1.54) is 23.0 Å². The van der Waals surface area contributed by atoms with Crippen molar-refractivity contribution >= 4 is 34.4 Å². The number of carbonyl (C=O) groups excluding carboxylic acids is 1. The standard InChI is InChI=1S/C36H35N5O6/c1-6-46-32-18-24(5)28(19-27(32)22(2)3)35-39-30-16-10-8-14-26(30)36(43)40(35)37-20-25-13-11-17-31(41(44)45)34(25)47-21-33(42)38-29-15-9-7-12-23(29)4/h7-20,22H,6,21H2,1-5H3,(H,38,42). The van der Waals surface area contributed by atoms with Crippen LogP contribution in [0.5, 0.6) is 11.5 Å². The summed E-state index contributed by atoms with van der Waals surface area (Å²) in [6.07, 6.45) is 1.30. The molecule has 0 spiro atoms. The lowest BCUT2D eigenvalue weighted by Crippen LogP contribution is -2.22. The Balaban J connectivity index is 1.60. The number of nitrogens with one attached hydrogen (secondary N) is 1. The number of nitro groups is 1. The molecule has 0 atom stereocenters. The molecule has 0 saturated carbocycles. The predicted octanol–water partition coefficient (Wildman–Crippen LogP) is 7.01. The highest BCUT2D eigenvalue weighted by Crippen LogP contribution is 2.35. The number of hydrogen-bond acceptors (Lipinski definition) is 8. The number of aryl methyl sites for hydroxylation is 2. The van der Waals surface area contributed by atoms with E-state index in [2.05, 4.69) is 24.3 Å². The van der Waals surface area contributed by atoms with Crippen molar-refractivity contribution in [2.45, 2.75) is 40.5 Å². The van der Waals surface area contributed by atoms with Crippen LogP contribution in [-0.4, -0.2) is 39.9 Å². The smallest absolute Gasteiger partial charge is 0.311 e. The van der Waals surface area contributed by atoms with Crippen molar-refractivity contribution in [1.29, 1.82) is 0 Å². The average molecular weight is 634 g/mol. The van der Waals surface area contributed by atoms with Crippen LogP contribution in [-0.2, 0) is 4.79 Å². The highest BCUT2D eigenvalue weighted by molar-refractivity contribution is 5.93. The third kappa shape index (κ3) is 7.04. The van der Waals surface area contributed by atoms with E-state index in [4.69, 9.17) is 14.5 Å². The molecule has 0 radical (unpaired) electrons. The maximum absolute atomic E-state index is 13.9. The summed E-state index contributed by atoms with van der Waals surface area (Å²) in [7, 11) is 0. The Bertz CT molecular complexity index is 2070. The molecular weight excluding hydrogens is 598 g/mol. The van der Waals surface area contributed by atoms with Crippen LogP contribution in [0.3, 0.4) is 0 Å². The zero-order valence-electron chi connectivity index (χ0n) is 26.8. The van der Waals surface area contributed by atoms with Crippen LogP contribution >= 0.6 is 0 Å². The minimum absolute atomic E-state index is 0.118. The number of anilines is 1. The van der Waals surface area contributed by atoms with Gasteiger partial charge in [0.25, 0.3) is 11.5 Å². The summed E-state index contributed by atoms with van der Waals surface area (Å²) in [6, 6.07) is 22.4. The Hall–Kier alpha value is -5.84. The van der Waals surface area contributed by atoms with E-state index in [9.17, 15) is 19.7 Å². The molecule has 0 aliphatic carbocycles. The van der Waals surface area contributed by atoms with Crippen molar-refractivity contribution in [1.82, 2.24) is 9.66 Å². The van der Waals surface area contributed by atoms with Crippen LogP contribution in [0.2, 0.25) is 0 Å². The van der Waals surface area contributed by atoms with Crippen molar-refractivity contribution in [3.63, 3.8) is 0 Å². The van der Waals surface area contributed by atoms with Gasteiger partial charge in [-0.3, -0.25) is 19.7 Å². The molecule has 1 N–H and O–H groups in total. The highest BCUT2D eigenvalue weighted by atomic mass is 16.6. The molecule has 5 rings (SSSR count). The van der Waals surface area contributed by atoms with Crippen molar-refractivity contribution < 1.29 is 19.2 Å². The van der Waals surface area contributed by atoms with Crippen LogP contribution in [0.4, 0.5) is 11.4 Å². The number of benzene rings is 4. The number of nitrogens with zero attached hydrogens (tertiary/aromatic N) is 4. The van der Waals surface area contributed by atoms with Gasteiger partial charge in [0, 0.05) is 22.9 Å². The first kappa shape index (κ1) is 32.6. The molecule has 47 heavy (non-hydrogen) atoms. The molecule has 0 aliphatic rings. The molecule has 0 fully saturated rings. The maximum atomic E-state index is 13.9. The first-order chi connectivity index (χ1) is 22.6. The number of para-hydroxylation sites is 3. The Labute approximate surface area is 271 Å². The lowest BCUT2D eigenvalue weighted by Gasteiger charge is -2.18. The Morgan fingerprint density at radius 1 is 1.02 bits per heavy atom. The van der Waals surface area contributed by atoms with Crippen molar-refractivity contribution in [2.75, 3.05) is 18.5 Å². The number of nitro benzene ring substituents is 1. The molecule has 240 valence electrons. The fourth-order valence-electron chi connectivity index (χ4n) is 5.18. The zero-order valence-corrected chi connectivity index (χ0v) is 26.8. The maximum Gasteiger partial charge on any atom is 0.311 e. The Morgan fingerprint density at radius 3 is 2.49 bits per heavy atom. The fourth-order valence-corrected chi connectivity index (χ4v) is 5.18. The summed E-state index contributed by atoms with van der Waals surface area (Å²) in [5.41, 5.74) is 3.82. The van der Waals surface area contributed by atoms with E-state index in [0.717, 1.165) is 22.4 Å². The molecule has 11 heteroatoms. The van der Waals surface area contributed by atoms with E-state index >= 15 is 0 Å². The van der Waals surface area contributed by atoms with Gasteiger partial charge in [0.15, 0.2) is 12.4 Å². The van der Waals surface area contributed by atoms with Crippen LogP contribution in [0.15, 0.2) is 88.8 Å². The summed E-state index contributed by atoms with van der Waals surface area (Å²) in [6.45, 7) is 9.81. The second-order valence-electron chi connectivity index (χ2n) is 11.2. The molecule has 11 nitrogen and oxygen atoms in total. The van der Waals surface area contributed by atoms with Crippen molar-refractivity contribution in [2.24, 2.45) is 5.10 Å². The van der Waals surface area contributed by atoms with Gasteiger partial charge in [-0.1, -0.05) is 50.2 Å². The van der Waals surface area contributed by atoms with Crippen LogP contribution in [0, 0.1) is 24.0 Å². The second kappa shape index (κ2) is 14.1. The average Bonchev–Trinajstić information content (AvgIpc) is 3.04. The van der Waals surface area contributed by atoms with Gasteiger partial charge in [-0.05, 0) is 79.8 Å². The van der Waals surface area contributed by atoms with E-state index < -0.39 is 23.0 Å². The van der Waals surface area contributed by atoms with Crippen molar-refractivity contribution in [3.05, 3.63) is 122 Å². The largest absolute Gasteiger partial charge is 0.494 e. The van der Waals surface area contributed by atoms with Crippen LogP contribution in [0.1, 0.15) is 48.9 Å². The first-order valence-corrected chi connectivity index (χ1v) is 15.2. The van der Waals surface area contributed by atoms with Crippen LogP contribution in [0.25, 0.3) is 22.3 Å². The van der Waals surface area contributed by atoms with E-state index in [1.807, 2.05) is 45.0 Å². The summed E-state index contributed by atoms with van der Waals surface area (Å²) in [4.78, 5) is 42.9. The first-order valence-electron chi connectivity index (χ1n) is 15.2. The summed E-state index contributed by atoms with van der Waals surface area (Å²) >= 11 is 0. The van der Waals surface area contributed by atoms with Gasteiger partial charge >= 0.3 is 5.69 Å². The lowest BCUT2D eigenvalue weighted by molar-refractivity contribution is -0.385. The SMILES string of the molecule is CCOc1cc(C)c(-c2nc3ccccc3c(=O)n2N=Cc2cccc([N+](=O)[O-])c2OCC(=O)Nc2ccccc2C)cc1C(C)C. The molecule has 0 unspecified atom stereocenters. The van der Waals surface area contributed by atoms with Gasteiger partial charge in [0.05, 0.1) is 28.6 Å². The minimum Gasteiger partial charge on any atom is -0.494 e. The molecule has 1 aromatic heterocycles. The summed E-state index contributed by atoms with van der Waals surface area (Å²) in [5, 5.41) is 19.6. The number of fused-ring (bicyclic) bond motifs is 1. The van der Waals surface area contributed by atoms with Crippen molar-refractivity contribution in [3.8, 4) is 22.9 Å². The van der Waals surface area contributed by atoms with E-state index in [-0.39, 0.29) is 28.7 Å². The number of rotatable bonds is 11. The van der Waals surface area contributed by atoms with Gasteiger partial charge < -0.3 is 14.8 Å². The normalized spacial score (nSPS) is 11.3. The number of aromatic nitrogens is 2. The third-order valence-electron chi connectivity index (χ3n) is 7.57. The number of hydrogen-bond donors (Lipinski definition) is 1. The third-order valence-corrected chi connectivity index (χ3v) is 7.57. The predicted molar refractivity (Wildman–Crippen MR) is 183 cm³/mol. The lowest BCUT2D eigenvalue weighted by atomic mass is 9.96. The fraction of sp³-hybridized carbons (Fsp3) is 0.222. The molecule has 0 aliphatic heterocycles. The highest BCUT2D eigenvalue weighted by Gasteiger charge is 2.22.